The molecule has 0 saturated heterocycles. The smallest absolute Gasteiger partial charge is 0.326 e. The van der Waals surface area contributed by atoms with E-state index in [0.29, 0.717) is 27.2 Å². The Morgan fingerprint density at radius 1 is 1.32 bits per heavy atom. The molecular weight excluding hydrogens is 309 g/mol. The lowest BCUT2D eigenvalue weighted by atomic mass is 9.79. The van der Waals surface area contributed by atoms with Crippen molar-refractivity contribution in [3.05, 3.63) is 38.8 Å². The Labute approximate surface area is 125 Å². The van der Waals surface area contributed by atoms with Crippen LogP contribution in [0.2, 0.25) is 15.1 Å². The summed E-state index contributed by atoms with van der Waals surface area (Å²) in [6.45, 7) is 0. The zero-order valence-corrected chi connectivity index (χ0v) is 11.9. The first-order valence-corrected chi connectivity index (χ1v) is 6.97. The summed E-state index contributed by atoms with van der Waals surface area (Å²) in [5.41, 5.74) is 1.38. The van der Waals surface area contributed by atoms with Gasteiger partial charge in [-0.1, -0.05) is 47.0 Å². The molecule has 0 radical (unpaired) electrons. The van der Waals surface area contributed by atoms with E-state index in [4.69, 9.17) is 34.8 Å². The summed E-state index contributed by atoms with van der Waals surface area (Å²) in [6.07, 6.45) is 4.67. The molecule has 0 bridgehead atoms. The summed E-state index contributed by atoms with van der Waals surface area (Å²) in [4.78, 5) is 11.4. The van der Waals surface area contributed by atoms with Crippen molar-refractivity contribution in [3.63, 3.8) is 0 Å². The zero-order valence-electron chi connectivity index (χ0n) is 9.66. The highest BCUT2D eigenvalue weighted by molar-refractivity contribution is 6.44. The lowest BCUT2D eigenvalue weighted by Crippen LogP contribution is -2.42. The number of hydrogen-bond donors (Lipinski definition) is 2. The van der Waals surface area contributed by atoms with Gasteiger partial charge in [0.2, 0.25) is 0 Å². The first-order valence-electron chi connectivity index (χ1n) is 5.84. The fraction of sp³-hybridized carbons (Fsp3) is 0.308. The maximum absolute atomic E-state index is 11.4. The predicted octanol–water partition coefficient (Wildman–Crippen LogP) is 4.19. The van der Waals surface area contributed by atoms with E-state index < -0.39 is 12.0 Å². The van der Waals surface area contributed by atoms with Crippen LogP contribution in [-0.4, -0.2) is 17.1 Å². The van der Waals surface area contributed by atoms with Crippen LogP contribution in [-0.2, 0) is 4.79 Å². The number of halogens is 3. The minimum absolute atomic E-state index is 0.0546. The van der Waals surface area contributed by atoms with Crippen molar-refractivity contribution in [3.8, 4) is 0 Å². The van der Waals surface area contributed by atoms with E-state index in [1.165, 1.54) is 6.07 Å². The lowest BCUT2D eigenvalue weighted by Gasteiger charge is -2.36. The number of anilines is 1. The first-order chi connectivity index (χ1) is 9.00. The van der Waals surface area contributed by atoms with Gasteiger partial charge in [-0.2, -0.15) is 0 Å². The molecule has 1 heterocycles. The first kappa shape index (κ1) is 13.1. The fourth-order valence-electron chi connectivity index (χ4n) is 2.91. The second-order valence-corrected chi connectivity index (χ2v) is 5.95. The molecule has 3 atom stereocenters. The molecule has 1 aliphatic carbocycles. The summed E-state index contributed by atoms with van der Waals surface area (Å²) in [5.74, 6) is -0.996. The minimum atomic E-state index is -0.883. The van der Waals surface area contributed by atoms with Crippen molar-refractivity contribution < 1.29 is 9.90 Å². The third kappa shape index (κ3) is 1.92. The number of rotatable bonds is 1. The number of nitrogens with one attached hydrogen (secondary N) is 1. The Morgan fingerprint density at radius 3 is 2.74 bits per heavy atom. The monoisotopic (exact) mass is 317 g/mol. The highest BCUT2D eigenvalue weighted by atomic mass is 35.5. The molecule has 3 rings (SSSR count). The highest BCUT2D eigenvalue weighted by Gasteiger charge is 2.42. The number of benzene rings is 1. The van der Waals surface area contributed by atoms with Crippen LogP contribution >= 0.6 is 34.8 Å². The van der Waals surface area contributed by atoms with E-state index in [1.54, 1.807) is 0 Å². The lowest BCUT2D eigenvalue weighted by molar-refractivity contribution is -0.139. The van der Waals surface area contributed by atoms with Crippen LogP contribution in [0.4, 0.5) is 5.69 Å². The number of carboxylic acid groups (broad SMARTS) is 1. The summed E-state index contributed by atoms with van der Waals surface area (Å²) >= 11 is 18.5. The van der Waals surface area contributed by atoms with E-state index >= 15 is 0 Å². The largest absolute Gasteiger partial charge is 0.480 e. The molecule has 2 N–H and O–H groups in total. The van der Waals surface area contributed by atoms with Crippen molar-refractivity contribution in [1.29, 1.82) is 0 Å². The summed E-state index contributed by atoms with van der Waals surface area (Å²) in [5, 5.41) is 13.6. The predicted molar refractivity (Wildman–Crippen MR) is 76.5 cm³/mol. The molecule has 0 unspecified atom stereocenters. The average molecular weight is 319 g/mol. The Kier molecular flexibility index (Phi) is 3.16. The molecule has 0 fully saturated rings. The average Bonchev–Trinajstić information content (AvgIpc) is 2.82. The second kappa shape index (κ2) is 4.58. The summed E-state index contributed by atoms with van der Waals surface area (Å²) < 4.78 is 0. The molecule has 19 heavy (non-hydrogen) atoms. The molecule has 6 heteroatoms. The van der Waals surface area contributed by atoms with Crippen LogP contribution in [0.3, 0.4) is 0 Å². The molecule has 0 saturated carbocycles. The van der Waals surface area contributed by atoms with Gasteiger partial charge in [-0.3, -0.25) is 0 Å². The van der Waals surface area contributed by atoms with E-state index in [2.05, 4.69) is 5.32 Å². The molecule has 0 amide bonds. The van der Waals surface area contributed by atoms with Gasteiger partial charge in [0.1, 0.15) is 6.04 Å². The molecule has 100 valence electrons. The van der Waals surface area contributed by atoms with E-state index in [-0.39, 0.29) is 11.8 Å². The van der Waals surface area contributed by atoms with Gasteiger partial charge in [0.15, 0.2) is 0 Å². The summed E-state index contributed by atoms with van der Waals surface area (Å²) in [6, 6.07) is 0.872. The van der Waals surface area contributed by atoms with E-state index in [0.717, 1.165) is 5.56 Å². The van der Waals surface area contributed by atoms with E-state index in [1.807, 2.05) is 12.2 Å². The number of aliphatic carboxylic acids is 1. The normalized spacial score (nSPS) is 27.6. The molecule has 1 aromatic rings. The van der Waals surface area contributed by atoms with Crippen LogP contribution in [0.5, 0.6) is 0 Å². The topological polar surface area (TPSA) is 49.3 Å². The Hall–Kier alpha value is -0.900. The van der Waals surface area contributed by atoms with Gasteiger partial charge in [0.25, 0.3) is 0 Å². The van der Waals surface area contributed by atoms with Gasteiger partial charge in [-0.15, -0.1) is 0 Å². The zero-order chi connectivity index (χ0) is 13.7. The highest BCUT2D eigenvalue weighted by Crippen LogP contribution is 2.51. The van der Waals surface area contributed by atoms with Crippen LogP contribution in [0, 0.1) is 5.92 Å². The van der Waals surface area contributed by atoms with Crippen molar-refractivity contribution in [1.82, 2.24) is 0 Å². The van der Waals surface area contributed by atoms with Gasteiger partial charge < -0.3 is 10.4 Å². The molecule has 1 aliphatic heterocycles. The van der Waals surface area contributed by atoms with Crippen LogP contribution < -0.4 is 5.32 Å². The van der Waals surface area contributed by atoms with Gasteiger partial charge in [0.05, 0.1) is 20.8 Å². The Morgan fingerprint density at radius 2 is 2.05 bits per heavy atom. The Balaban J connectivity index is 2.21. The fourth-order valence-corrected chi connectivity index (χ4v) is 3.71. The van der Waals surface area contributed by atoms with Crippen molar-refractivity contribution in [2.45, 2.75) is 18.4 Å². The standard InChI is InChI=1S/C13H10Cl3NO2/c14-7-4-8(15)12-9(10(7)16)5-2-1-3-6(5)11(17-12)13(18)19/h1-2,4-6,11,17H,3H2,(H,18,19)/t5-,6+,11-/m1/s1. The number of carbonyl (C=O) groups is 1. The molecule has 3 nitrogen and oxygen atoms in total. The summed E-state index contributed by atoms with van der Waals surface area (Å²) in [7, 11) is 0. The maximum atomic E-state index is 11.4. The van der Waals surface area contributed by atoms with Crippen LogP contribution in [0.25, 0.3) is 0 Å². The van der Waals surface area contributed by atoms with Crippen molar-refractivity contribution in [2.24, 2.45) is 5.92 Å². The number of hydrogen-bond acceptors (Lipinski definition) is 2. The van der Waals surface area contributed by atoms with Gasteiger partial charge in [-0.25, -0.2) is 4.79 Å². The SMILES string of the molecule is O=C(O)[C@@H]1Nc2c(Cl)cc(Cl)c(Cl)c2[C@@H]2C=CC[C@H]12. The van der Waals surface area contributed by atoms with Gasteiger partial charge >= 0.3 is 5.97 Å². The minimum Gasteiger partial charge on any atom is -0.480 e. The molecule has 1 aromatic carbocycles. The van der Waals surface area contributed by atoms with Crippen molar-refractivity contribution >= 4 is 46.5 Å². The van der Waals surface area contributed by atoms with E-state index in [9.17, 15) is 9.90 Å². The molecule has 0 aromatic heterocycles. The molecule has 0 spiro atoms. The molecular formula is C13H10Cl3NO2. The maximum Gasteiger partial charge on any atom is 0.326 e. The third-order valence-electron chi connectivity index (χ3n) is 3.75. The number of fused-ring (bicyclic) bond motifs is 3. The molecule has 2 aliphatic rings. The van der Waals surface area contributed by atoms with Gasteiger partial charge in [-0.05, 0) is 12.5 Å². The number of carboxylic acids is 1. The quantitative estimate of drug-likeness (QED) is 0.603. The second-order valence-electron chi connectivity index (χ2n) is 4.76. The third-order valence-corrected chi connectivity index (χ3v) is 4.85. The van der Waals surface area contributed by atoms with Crippen molar-refractivity contribution in [2.75, 3.05) is 5.32 Å². The Bertz CT molecular complexity index is 600. The number of allylic oxidation sites excluding steroid dienone is 2. The van der Waals surface area contributed by atoms with Gasteiger partial charge in [0, 0.05) is 17.4 Å². The van der Waals surface area contributed by atoms with Crippen LogP contribution in [0.15, 0.2) is 18.2 Å². The van der Waals surface area contributed by atoms with Crippen LogP contribution in [0.1, 0.15) is 17.9 Å².